The lowest BCUT2D eigenvalue weighted by Gasteiger charge is -2.39. The summed E-state index contributed by atoms with van der Waals surface area (Å²) in [5.74, 6) is 0.232. The maximum Gasteiger partial charge on any atom is 0.390 e. The average Bonchev–Trinajstić information content (AvgIpc) is 3.36. The molecule has 3 N–H and O–H groups in total. The Morgan fingerprint density at radius 1 is 1.26 bits per heavy atom. The zero-order valence-corrected chi connectivity index (χ0v) is 19.4. The van der Waals surface area contributed by atoms with E-state index in [0.29, 0.717) is 21.7 Å². The first-order valence-corrected chi connectivity index (χ1v) is 11.6. The van der Waals surface area contributed by atoms with Crippen molar-refractivity contribution in [2.45, 2.75) is 37.9 Å². The number of nitrogens with one attached hydrogen (secondary N) is 1. The number of hydrogen-bond donors (Lipinski definition) is 2. The number of hydrogen-bond acceptors (Lipinski definition) is 8. The molecule has 0 amide bonds. The minimum atomic E-state index is -4.33. The number of piperidine rings is 1. The predicted octanol–water partition coefficient (Wildman–Crippen LogP) is 4.71. The first-order valence-electron chi connectivity index (χ1n) is 10.4. The fourth-order valence-electron chi connectivity index (χ4n) is 4.32. The van der Waals surface area contributed by atoms with E-state index in [-0.39, 0.29) is 43.2 Å². The van der Waals surface area contributed by atoms with Crippen LogP contribution in [0.25, 0.3) is 32.5 Å². The van der Waals surface area contributed by atoms with Crippen LogP contribution in [-0.4, -0.2) is 50.0 Å². The van der Waals surface area contributed by atoms with Crippen molar-refractivity contribution >= 4 is 50.1 Å². The molecule has 0 spiro atoms. The summed E-state index contributed by atoms with van der Waals surface area (Å²) >= 11 is 8.14. The molecular formula is C21H18ClF3N8S. The van der Waals surface area contributed by atoms with Crippen molar-refractivity contribution in [1.82, 2.24) is 25.1 Å². The van der Waals surface area contributed by atoms with Gasteiger partial charge in [0, 0.05) is 24.2 Å². The van der Waals surface area contributed by atoms with Gasteiger partial charge in [-0.15, -0.1) is 11.3 Å². The second-order valence-electron chi connectivity index (χ2n) is 8.43. The highest BCUT2D eigenvalue weighted by Gasteiger charge is 2.42. The van der Waals surface area contributed by atoms with Crippen LogP contribution in [0, 0.1) is 18.3 Å². The van der Waals surface area contributed by atoms with Gasteiger partial charge in [0.25, 0.3) is 0 Å². The SMILES string of the molecule is Cc1nc2ccc(-c3[nH]nc4nc(N5CCC(N)(CC(F)(F)F)CC5)nc(C#N)c34)c(Cl)c2s1. The molecule has 1 aliphatic heterocycles. The Morgan fingerprint density at radius 2 is 2.00 bits per heavy atom. The van der Waals surface area contributed by atoms with Gasteiger partial charge in [-0.1, -0.05) is 11.6 Å². The molecule has 8 nitrogen and oxygen atoms in total. The Labute approximate surface area is 200 Å². The summed E-state index contributed by atoms with van der Waals surface area (Å²) in [4.78, 5) is 15.0. The second kappa shape index (κ2) is 8.04. The van der Waals surface area contributed by atoms with Crippen LogP contribution in [0.2, 0.25) is 5.02 Å². The summed E-state index contributed by atoms with van der Waals surface area (Å²) in [6.07, 6.45) is -5.10. The topological polar surface area (TPSA) is 120 Å². The Balaban J connectivity index is 1.50. The third kappa shape index (κ3) is 4.04. The maximum absolute atomic E-state index is 12.9. The fraction of sp³-hybridized carbons (Fsp3) is 0.381. The van der Waals surface area contributed by atoms with E-state index in [2.05, 4.69) is 31.2 Å². The molecule has 4 heterocycles. The Kier molecular flexibility index (Phi) is 5.38. The summed E-state index contributed by atoms with van der Waals surface area (Å²) < 4.78 is 39.4. The van der Waals surface area contributed by atoms with Gasteiger partial charge in [0.15, 0.2) is 11.3 Å². The summed E-state index contributed by atoms with van der Waals surface area (Å²) in [6.45, 7) is 2.38. The van der Waals surface area contributed by atoms with E-state index in [1.165, 1.54) is 11.3 Å². The van der Waals surface area contributed by atoms with Crippen LogP contribution in [0.15, 0.2) is 12.1 Å². The number of aromatic nitrogens is 5. The van der Waals surface area contributed by atoms with Gasteiger partial charge in [0.2, 0.25) is 5.95 Å². The molecular weight excluding hydrogens is 489 g/mol. The van der Waals surface area contributed by atoms with E-state index in [1.807, 2.05) is 13.0 Å². The first kappa shape index (κ1) is 22.8. The molecule has 5 rings (SSSR count). The Bertz CT molecular complexity index is 1450. The van der Waals surface area contributed by atoms with Crippen LogP contribution in [0.3, 0.4) is 0 Å². The van der Waals surface area contributed by atoms with Gasteiger partial charge in [0.05, 0.1) is 37.7 Å². The summed E-state index contributed by atoms with van der Waals surface area (Å²) in [6, 6.07) is 5.74. The number of aryl methyl sites for hydroxylation is 1. The molecule has 0 atom stereocenters. The lowest BCUT2D eigenvalue weighted by molar-refractivity contribution is -0.148. The number of nitrogens with zero attached hydrogens (tertiary/aromatic N) is 6. The standard InChI is InChI=1S/C21H18ClF3N8S/c1-10-28-12-3-2-11(15(22)17(12)34-10)16-14-13(8-26)29-19(30-18(14)32-31-16)33-6-4-20(27,5-7-33)9-21(23,24)25/h2-3H,4-7,9,27H2,1H3,(H,29,30,31,32). The largest absolute Gasteiger partial charge is 0.390 e. The number of anilines is 1. The van der Waals surface area contributed by atoms with E-state index in [9.17, 15) is 18.4 Å². The van der Waals surface area contributed by atoms with E-state index < -0.39 is 18.1 Å². The fourth-order valence-corrected chi connectivity index (χ4v) is 5.55. The van der Waals surface area contributed by atoms with E-state index in [1.54, 1.807) is 11.0 Å². The number of thiazole rings is 1. The van der Waals surface area contributed by atoms with Gasteiger partial charge >= 0.3 is 6.18 Å². The second-order valence-corrected chi connectivity index (χ2v) is 10.0. The minimum absolute atomic E-state index is 0.0975. The molecule has 0 unspecified atom stereocenters. The number of benzene rings is 1. The Hall–Kier alpha value is -3.01. The highest BCUT2D eigenvalue weighted by molar-refractivity contribution is 7.19. The highest BCUT2D eigenvalue weighted by Crippen LogP contribution is 2.40. The quantitative estimate of drug-likeness (QED) is 0.412. The summed E-state index contributed by atoms with van der Waals surface area (Å²) in [5.41, 5.74) is 6.97. The molecule has 34 heavy (non-hydrogen) atoms. The average molecular weight is 507 g/mol. The maximum atomic E-state index is 12.9. The van der Waals surface area contributed by atoms with Gasteiger partial charge < -0.3 is 10.6 Å². The molecule has 1 aliphatic rings. The molecule has 0 aliphatic carbocycles. The van der Waals surface area contributed by atoms with Crippen molar-refractivity contribution < 1.29 is 13.2 Å². The van der Waals surface area contributed by atoms with Gasteiger partial charge in [0.1, 0.15) is 6.07 Å². The molecule has 0 saturated carbocycles. The van der Waals surface area contributed by atoms with Gasteiger partial charge in [-0.05, 0) is 31.9 Å². The normalized spacial score (nSPS) is 16.3. The van der Waals surface area contributed by atoms with Crippen LogP contribution in [0.5, 0.6) is 0 Å². The number of alkyl halides is 3. The van der Waals surface area contributed by atoms with E-state index in [0.717, 1.165) is 15.2 Å². The first-order chi connectivity index (χ1) is 16.1. The zero-order valence-electron chi connectivity index (χ0n) is 17.9. The van der Waals surface area contributed by atoms with Crippen LogP contribution in [0.1, 0.15) is 30.0 Å². The molecule has 176 valence electrons. The lowest BCUT2D eigenvalue weighted by atomic mass is 9.85. The Morgan fingerprint density at radius 3 is 2.68 bits per heavy atom. The number of aromatic amines is 1. The third-order valence-corrected chi connectivity index (χ3v) is 7.48. The van der Waals surface area contributed by atoms with Crippen LogP contribution >= 0.6 is 22.9 Å². The van der Waals surface area contributed by atoms with E-state index in [4.69, 9.17) is 17.3 Å². The van der Waals surface area contributed by atoms with Crippen molar-refractivity contribution in [3.63, 3.8) is 0 Å². The highest BCUT2D eigenvalue weighted by atomic mass is 35.5. The van der Waals surface area contributed by atoms with Crippen LogP contribution < -0.4 is 10.6 Å². The van der Waals surface area contributed by atoms with E-state index >= 15 is 0 Å². The van der Waals surface area contributed by atoms with Crippen molar-refractivity contribution in [3.05, 3.63) is 27.9 Å². The molecule has 1 fully saturated rings. The van der Waals surface area contributed by atoms with Crippen molar-refractivity contribution in [2.24, 2.45) is 5.73 Å². The molecule has 1 saturated heterocycles. The third-order valence-electron chi connectivity index (χ3n) is 5.98. The van der Waals surface area contributed by atoms with Gasteiger partial charge in [-0.25, -0.2) is 9.97 Å². The molecule has 4 aromatic rings. The number of nitriles is 1. The molecule has 1 aromatic carbocycles. The molecule has 13 heteroatoms. The monoisotopic (exact) mass is 506 g/mol. The minimum Gasteiger partial charge on any atom is -0.341 e. The van der Waals surface area contributed by atoms with Gasteiger partial charge in [-0.3, -0.25) is 5.10 Å². The smallest absolute Gasteiger partial charge is 0.341 e. The zero-order chi connectivity index (χ0) is 24.3. The number of halogens is 4. The summed E-state index contributed by atoms with van der Waals surface area (Å²) in [5, 5.41) is 18.8. The number of H-pyrrole nitrogens is 1. The number of rotatable bonds is 3. The molecule has 3 aromatic heterocycles. The van der Waals surface area contributed by atoms with Crippen molar-refractivity contribution in [3.8, 4) is 17.3 Å². The van der Waals surface area contributed by atoms with Crippen LogP contribution in [0.4, 0.5) is 19.1 Å². The molecule has 0 bridgehead atoms. The lowest BCUT2D eigenvalue weighted by Crippen LogP contribution is -2.53. The number of nitrogens with two attached hydrogens (primary N) is 1. The van der Waals surface area contributed by atoms with Crippen LogP contribution in [-0.2, 0) is 0 Å². The molecule has 0 radical (unpaired) electrons. The van der Waals surface area contributed by atoms with Gasteiger partial charge in [-0.2, -0.15) is 28.5 Å². The predicted molar refractivity (Wildman–Crippen MR) is 124 cm³/mol. The summed E-state index contributed by atoms with van der Waals surface area (Å²) in [7, 11) is 0. The van der Waals surface area contributed by atoms with Crippen molar-refractivity contribution in [2.75, 3.05) is 18.0 Å². The van der Waals surface area contributed by atoms with Crippen molar-refractivity contribution in [1.29, 1.82) is 5.26 Å². The number of fused-ring (bicyclic) bond motifs is 2.